The number of fused-ring (bicyclic) bond motifs is 2. The molecule has 2 aliphatic rings. The van der Waals surface area contributed by atoms with E-state index in [2.05, 4.69) is 4.90 Å². The number of methoxy groups -OCH3 is 1. The Hall–Kier alpha value is -2.51. The van der Waals surface area contributed by atoms with Gasteiger partial charge in [-0.25, -0.2) is 9.97 Å². The van der Waals surface area contributed by atoms with Crippen LogP contribution in [0.5, 0.6) is 0 Å². The third kappa shape index (κ3) is 3.56. The SMILES string of the molecule is COCCn1c(C2CCCN2Cc2nc3c(o2)CCCC3)nc2ccccc2c1=O. The molecule has 0 saturated carbocycles. The van der Waals surface area contributed by atoms with Crippen LogP contribution in [0.25, 0.3) is 10.9 Å². The Kier molecular flexibility index (Phi) is 5.39. The van der Waals surface area contributed by atoms with Crippen LogP contribution in [-0.4, -0.2) is 39.7 Å². The van der Waals surface area contributed by atoms with Gasteiger partial charge in [-0.3, -0.25) is 14.3 Å². The van der Waals surface area contributed by atoms with Crippen molar-refractivity contribution in [1.82, 2.24) is 19.4 Å². The van der Waals surface area contributed by atoms with Gasteiger partial charge in [-0.05, 0) is 50.8 Å². The molecule has 3 heterocycles. The maximum atomic E-state index is 13.2. The van der Waals surface area contributed by atoms with Crippen LogP contribution < -0.4 is 5.56 Å². The zero-order valence-electron chi connectivity index (χ0n) is 17.5. The van der Waals surface area contributed by atoms with Crippen LogP contribution in [0, 0.1) is 0 Å². The van der Waals surface area contributed by atoms with Gasteiger partial charge in [-0.15, -0.1) is 0 Å². The summed E-state index contributed by atoms with van der Waals surface area (Å²) in [6.45, 7) is 2.58. The van der Waals surface area contributed by atoms with Gasteiger partial charge in [0.25, 0.3) is 5.56 Å². The van der Waals surface area contributed by atoms with Crippen molar-refractivity contribution in [3.05, 3.63) is 57.8 Å². The summed E-state index contributed by atoms with van der Waals surface area (Å²) in [5, 5.41) is 0.655. The van der Waals surface area contributed by atoms with Crippen molar-refractivity contribution >= 4 is 10.9 Å². The zero-order valence-corrected chi connectivity index (χ0v) is 17.5. The van der Waals surface area contributed by atoms with Crippen molar-refractivity contribution in [2.24, 2.45) is 0 Å². The second-order valence-corrected chi connectivity index (χ2v) is 8.25. The van der Waals surface area contributed by atoms with Gasteiger partial charge in [-0.2, -0.15) is 0 Å². The normalized spacial score (nSPS) is 19.4. The highest BCUT2D eigenvalue weighted by Crippen LogP contribution is 2.33. The number of likely N-dealkylation sites (tertiary alicyclic amines) is 1. The van der Waals surface area contributed by atoms with Crippen molar-refractivity contribution < 1.29 is 9.15 Å². The first-order valence-electron chi connectivity index (χ1n) is 10.9. The number of oxazole rings is 1. The fourth-order valence-electron chi connectivity index (χ4n) is 4.79. The molecule has 1 saturated heterocycles. The Morgan fingerprint density at radius 2 is 2.03 bits per heavy atom. The van der Waals surface area contributed by atoms with E-state index in [1.165, 1.54) is 12.8 Å². The van der Waals surface area contributed by atoms with Crippen molar-refractivity contribution in [3.8, 4) is 0 Å². The summed E-state index contributed by atoms with van der Waals surface area (Å²) in [6, 6.07) is 7.66. The highest BCUT2D eigenvalue weighted by atomic mass is 16.5. The van der Waals surface area contributed by atoms with E-state index in [1.54, 1.807) is 11.7 Å². The van der Waals surface area contributed by atoms with Gasteiger partial charge in [0.05, 0.1) is 42.3 Å². The van der Waals surface area contributed by atoms with Gasteiger partial charge in [0.15, 0.2) is 0 Å². The van der Waals surface area contributed by atoms with E-state index >= 15 is 0 Å². The summed E-state index contributed by atoms with van der Waals surface area (Å²) in [7, 11) is 1.66. The summed E-state index contributed by atoms with van der Waals surface area (Å²) in [5.41, 5.74) is 1.89. The Balaban J connectivity index is 1.49. The number of hydrogen-bond acceptors (Lipinski definition) is 6. The largest absolute Gasteiger partial charge is 0.444 e. The molecule has 5 rings (SSSR count). The Bertz CT molecular complexity index is 1080. The fourth-order valence-corrected chi connectivity index (χ4v) is 4.79. The second-order valence-electron chi connectivity index (χ2n) is 8.25. The average Bonchev–Trinajstić information content (AvgIpc) is 3.39. The maximum absolute atomic E-state index is 13.2. The summed E-state index contributed by atoms with van der Waals surface area (Å²) in [5.74, 6) is 2.68. The number of aryl methyl sites for hydroxylation is 2. The van der Waals surface area contributed by atoms with E-state index in [9.17, 15) is 4.79 Å². The van der Waals surface area contributed by atoms with Crippen LogP contribution in [0.1, 0.15) is 54.9 Å². The first-order chi connectivity index (χ1) is 14.7. The van der Waals surface area contributed by atoms with Crippen molar-refractivity contribution in [2.45, 2.75) is 57.7 Å². The van der Waals surface area contributed by atoms with Crippen molar-refractivity contribution in [3.63, 3.8) is 0 Å². The molecule has 0 bridgehead atoms. The molecule has 1 fully saturated rings. The van der Waals surface area contributed by atoms with Gasteiger partial charge < -0.3 is 9.15 Å². The number of rotatable bonds is 6. The minimum atomic E-state index is 0.00564. The highest BCUT2D eigenvalue weighted by molar-refractivity contribution is 5.77. The minimum absolute atomic E-state index is 0.00564. The van der Waals surface area contributed by atoms with E-state index in [0.29, 0.717) is 25.1 Å². The summed E-state index contributed by atoms with van der Waals surface area (Å²) < 4.78 is 13.2. The number of nitrogens with zero attached hydrogens (tertiary/aromatic N) is 4. The third-order valence-electron chi connectivity index (χ3n) is 6.30. The lowest BCUT2D eigenvalue weighted by Gasteiger charge is -2.25. The lowest BCUT2D eigenvalue weighted by atomic mass is 10.0. The molecule has 1 unspecified atom stereocenters. The molecule has 2 aromatic heterocycles. The van der Waals surface area contributed by atoms with Crippen LogP contribution in [0.3, 0.4) is 0 Å². The van der Waals surface area contributed by atoms with E-state index in [1.807, 2.05) is 24.3 Å². The van der Waals surface area contributed by atoms with Crippen LogP contribution in [-0.2, 0) is 30.7 Å². The molecule has 1 atom stereocenters. The standard InChI is InChI=1S/C23H28N4O3/c1-29-14-13-27-22(25-17-8-3-2-7-16(17)23(27)28)19-10-6-12-26(19)15-21-24-18-9-4-5-11-20(18)30-21/h2-3,7-8,19H,4-6,9-15H2,1H3. The van der Waals surface area contributed by atoms with Gasteiger partial charge in [0.2, 0.25) is 5.89 Å². The molecular weight excluding hydrogens is 380 g/mol. The van der Waals surface area contributed by atoms with Gasteiger partial charge >= 0.3 is 0 Å². The quantitative estimate of drug-likeness (QED) is 0.623. The van der Waals surface area contributed by atoms with Gasteiger partial charge in [0, 0.05) is 13.5 Å². The average molecular weight is 409 g/mol. The van der Waals surface area contributed by atoms with Gasteiger partial charge in [0.1, 0.15) is 11.6 Å². The predicted octanol–water partition coefficient (Wildman–Crippen LogP) is 3.25. The monoisotopic (exact) mass is 408 g/mol. The Labute approximate surface area is 175 Å². The topological polar surface area (TPSA) is 73.4 Å². The number of hydrogen-bond donors (Lipinski definition) is 0. The number of ether oxygens (including phenoxy) is 1. The Morgan fingerprint density at radius 1 is 1.17 bits per heavy atom. The lowest BCUT2D eigenvalue weighted by Crippen LogP contribution is -2.33. The van der Waals surface area contributed by atoms with Crippen LogP contribution in [0.2, 0.25) is 0 Å². The van der Waals surface area contributed by atoms with Crippen molar-refractivity contribution in [1.29, 1.82) is 0 Å². The second kappa shape index (κ2) is 8.32. The van der Waals surface area contributed by atoms with Crippen LogP contribution in [0.4, 0.5) is 0 Å². The number of benzene rings is 1. The Morgan fingerprint density at radius 3 is 2.90 bits per heavy atom. The molecule has 7 heteroatoms. The van der Waals surface area contributed by atoms with Gasteiger partial charge in [-0.1, -0.05) is 12.1 Å². The summed E-state index contributed by atoms with van der Waals surface area (Å²) in [4.78, 5) is 25.3. The first kappa shape index (κ1) is 19.5. The highest BCUT2D eigenvalue weighted by Gasteiger charge is 2.32. The molecule has 0 amide bonds. The van der Waals surface area contributed by atoms with Crippen molar-refractivity contribution in [2.75, 3.05) is 20.3 Å². The van der Waals surface area contributed by atoms with E-state index in [4.69, 9.17) is 19.1 Å². The predicted molar refractivity (Wildman–Crippen MR) is 113 cm³/mol. The number of para-hydroxylation sites is 1. The maximum Gasteiger partial charge on any atom is 0.261 e. The van der Waals surface area contributed by atoms with Crippen LogP contribution >= 0.6 is 0 Å². The van der Waals surface area contributed by atoms with E-state index in [-0.39, 0.29) is 11.6 Å². The molecule has 1 aliphatic heterocycles. The minimum Gasteiger partial charge on any atom is -0.444 e. The molecular formula is C23H28N4O3. The molecule has 3 aromatic rings. The molecule has 0 N–H and O–H groups in total. The molecule has 0 radical (unpaired) electrons. The van der Waals surface area contributed by atoms with Crippen LogP contribution in [0.15, 0.2) is 33.5 Å². The molecule has 1 aliphatic carbocycles. The van der Waals surface area contributed by atoms with E-state index < -0.39 is 0 Å². The molecule has 7 nitrogen and oxygen atoms in total. The zero-order chi connectivity index (χ0) is 20.5. The summed E-state index contributed by atoms with van der Waals surface area (Å²) in [6.07, 6.45) is 6.43. The first-order valence-corrected chi connectivity index (χ1v) is 10.9. The third-order valence-corrected chi connectivity index (χ3v) is 6.30. The van der Waals surface area contributed by atoms with E-state index in [0.717, 1.165) is 60.9 Å². The molecule has 1 aromatic carbocycles. The fraction of sp³-hybridized carbons (Fsp3) is 0.522. The molecule has 158 valence electrons. The molecule has 0 spiro atoms. The molecule has 30 heavy (non-hydrogen) atoms. The lowest BCUT2D eigenvalue weighted by molar-refractivity contribution is 0.176. The smallest absolute Gasteiger partial charge is 0.261 e. The number of aromatic nitrogens is 3. The summed E-state index contributed by atoms with van der Waals surface area (Å²) >= 11 is 0.